The van der Waals surface area contributed by atoms with Gasteiger partial charge in [0.25, 0.3) is 5.91 Å². The SMILES string of the molecule is CNCCc1ccccc1C(=O)NC1(C)CC1. The summed E-state index contributed by atoms with van der Waals surface area (Å²) in [4.78, 5) is 12.2. The lowest BCUT2D eigenvalue weighted by molar-refractivity contribution is 0.0934. The van der Waals surface area contributed by atoms with Gasteiger partial charge in [-0.2, -0.15) is 0 Å². The maximum Gasteiger partial charge on any atom is 0.251 e. The van der Waals surface area contributed by atoms with Gasteiger partial charge in [-0.15, -0.1) is 0 Å². The molecule has 3 heteroatoms. The zero-order valence-electron chi connectivity index (χ0n) is 10.5. The lowest BCUT2D eigenvalue weighted by Gasteiger charge is -2.14. The molecule has 1 saturated carbocycles. The van der Waals surface area contributed by atoms with E-state index in [-0.39, 0.29) is 11.4 Å². The van der Waals surface area contributed by atoms with E-state index in [0.29, 0.717) is 0 Å². The summed E-state index contributed by atoms with van der Waals surface area (Å²) >= 11 is 0. The van der Waals surface area contributed by atoms with Crippen LogP contribution in [0.2, 0.25) is 0 Å². The predicted molar refractivity (Wildman–Crippen MR) is 69.2 cm³/mol. The molecule has 0 heterocycles. The summed E-state index contributed by atoms with van der Waals surface area (Å²) in [5.41, 5.74) is 1.98. The van der Waals surface area contributed by atoms with Gasteiger partial charge >= 0.3 is 0 Å². The minimum atomic E-state index is 0.0488. The highest BCUT2D eigenvalue weighted by Gasteiger charge is 2.38. The molecular weight excluding hydrogens is 212 g/mol. The molecule has 0 bridgehead atoms. The molecule has 1 aliphatic carbocycles. The van der Waals surface area contributed by atoms with Crippen molar-refractivity contribution in [1.82, 2.24) is 10.6 Å². The van der Waals surface area contributed by atoms with E-state index in [9.17, 15) is 4.79 Å². The number of likely N-dealkylation sites (N-methyl/N-ethyl adjacent to an activating group) is 1. The van der Waals surface area contributed by atoms with Crippen LogP contribution in [0.5, 0.6) is 0 Å². The van der Waals surface area contributed by atoms with E-state index in [1.165, 1.54) is 0 Å². The first-order valence-corrected chi connectivity index (χ1v) is 6.20. The van der Waals surface area contributed by atoms with Gasteiger partial charge in [0.1, 0.15) is 0 Å². The monoisotopic (exact) mass is 232 g/mol. The highest BCUT2D eigenvalue weighted by molar-refractivity contribution is 5.96. The molecule has 92 valence electrons. The second-order valence-electron chi connectivity index (χ2n) is 5.03. The maximum atomic E-state index is 12.2. The number of rotatable bonds is 5. The van der Waals surface area contributed by atoms with E-state index in [1.54, 1.807) is 0 Å². The zero-order valence-corrected chi connectivity index (χ0v) is 10.5. The van der Waals surface area contributed by atoms with Crippen molar-refractivity contribution in [3.8, 4) is 0 Å². The third kappa shape index (κ3) is 3.07. The van der Waals surface area contributed by atoms with E-state index in [4.69, 9.17) is 0 Å². The standard InChI is InChI=1S/C14H20N2O/c1-14(8-9-14)16-13(17)12-6-4-3-5-11(12)7-10-15-2/h3-6,15H,7-10H2,1-2H3,(H,16,17). The van der Waals surface area contributed by atoms with Gasteiger partial charge in [-0.1, -0.05) is 18.2 Å². The van der Waals surface area contributed by atoms with Gasteiger partial charge in [-0.25, -0.2) is 0 Å². The summed E-state index contributed by atoms with van der Waals surface area (Å²) in [7, 11) is 1.92. The van der Waals surface area contributed by atoms with E-state index < -0.39 is 0 Å². The van der Waals surface area contributed by atoms with E-state index in [0.717, 1.165) is 36.9 Å². The molecule has 1 fully saturated rings. The van der Waals surface area contributed by atoms with E-state index in [1.807, 2.05) is 31.3 Å². The van der Waals surface area contributed by atoms with E-state index in [2.05, 4.69) is 17.6 Å². The second kappa shape index (κ2) is 4.88. The van der Waals surface area contributed by atoms with Crippen molar-refractivity contribution >= 4 is 5.91 Å². The summed E-state index contributed by atoms with van der Waals surface area (Å²) in [6.07, 6.45) is 3.08. The van der Waals surface area contributed by atoms with Gasteiger partial charge in [0.15, 0.2) is 0 Å². The fourth-order valence-corrected chi connectivity index (χ4v) is 1.87. The van der Waals surface area contributed by atoms with Gasteiger partial charge in [0.2, 0.25) is 0 Å². The molecule has 17 heavy (non-hydrogen) atoms. The maximum absolute atomic E-state index is 12.2. The van der Waals surface area contributed by atoms with Crippen LogP contribution in [0.25, 0.3) is 0 Å². The minimum absolute atomic E-state index is 0.0488. The fraction of sp³-hybridized carbons (Fsp3) is 0.500. The van der Waals surface area contributed by atoms with Gasteiger partial charge in [0, 0.05) is 11.1 Å². The Bertz CT molecular complexity index is 410. The molecule has 1 aromatic rings. The molecular formula is C14H20N2O. The Labute approximate surface area is 103 Å². The third-order valence-corrected chi connectivity index (χ3v) is 3.32. The lowest BCUT2D eigenvalue weighted by Crippen LogP contribution is -2.34. The molecule has 0 aliphatic heterocycles. The second-order valence-corrected chi connectivity index (χ2v) is 5.03. The quantitative estimate of drug-likeness (QED) is 0.811. The van der Waals surface area contributed by atoms with Gasteiger partial charge < -0.3 is 10.6 Å². The summed E-state index contributed by atoms with van der Waals surface area (Å²) < 4.78 is 0. The van der Waals surface area contributed by atoms with Crippen LogP contribution in [0.3, 0.4) is 0 Å². The molecule has 3 nitrogen and oxygen atoms in total. The smallest absolute Gasteiger partial charge is 0.251 e. The molecule has 0 unspecified atom stereocenters. The zero-order chi connectivity index (χ0) is 12.3. The number of hydrogen-bond acceptors (Lipinski definition) is 2. The largest absolute Gasteiger partial charge is 0.347 e. The van der Waals surface area contributed by atoms with Crippen molar-refractivity contribution in [2.45, 2.75) is 31.7 Å². The Balaban J connectivity index is 2.10. The van der Waals surface area contributed by atoms with E-state index >= 15 is 0 Å². The van der Waals surface area contributed by atoms with Crippen LogP contribution in [0.1, 0.15) is 35.7 Å². The normalized spacial score (nSPS) is 16.6. The Morgan fingerprint density at radius 3 is 2.71 bits per heavy atom. The number of hydrogen-bond donors (Lipinski definition) is 2. The van der Waals surface area contributed by atoms with Crippen molar-refractivity contribution in [1.29, 1.82) is 0 Å². The van der Waals surface area contributed by atoms with Crippen LogP contribution in [0.4, 0.5) is 0 Å². The number of amides is 1. The van der Waals surface area contributed by atoms with Crippen LogP contribution in [-0.2, 0) is 6.42 Å². The van der Waals surface area contributed by atoms with Crippen molar-refractivity contribution in [3.63, 3.8) is 0 Å². The molecule has 0 saturated heterocycles. The Kier molecular flexibility index (Phi) is 3.48. The van der Waals surface area contributed by atoms with Crippen molar-refractivity contribution < 1.29 is 4.79 Å². The molecule has 1 aliphatic rings. The highest BCUT2D eigenvalue weighted by Crippen LogP contribution is 2.34. The molecule has 1 aromatic carbocycles. The Morgan fingerprint density at radius 2 is 2.06 bits per heavy atom. The lowest BCUT2D eigenvalue weighted by atomic mass is 10.0. The number of nitrogens with one attached hydrogen (secondary N) is 2. The summed E-state index contributed by atoms with van der Waals surface area (Å²) in [5.74, 6) is 0.0664. The molecule has 0 aromatic heterocycles. The molecule has 0 radical (unpaired) electrons. The molecule has 2 rings (SSSR count). The average Bonchev–Trinajstić information content (AvgIpc) is 3.04. The van der Waals surface area contributed by atoms with Crippen LogP contribution >= 0.6 is 0 Å². The Hall–Kier alpha value is -1.35. The van der Waals surface area contributed by atoms with Crippen LogP contribution in [-0.4, -0.2) is 25.0 Å². The highest BCUT2D eigenvalue weighted by atomic mass is 16.1. The van der Waals surface area contributed by atoms with Gasteiger partial charge in [-0.05, 0) is 51.4 Å². The van der Waals surface area contributed by atoms with Crippen LogP contribution in [0, 0.1) is 0 Å². The van der Waals surface area contributed by atoms with Crippen LogP contribution < -0.4 is 10.6 Å². The fourth-order valence-electron chi connectivity index (χ4n) is 1.87. The van der Waals surface area contributed by atoms with Crippen LogP contribution in [0.15, 0.2) is 24.3 Å². The van der Waals surface area contributed by atoms with Crippen molar-refractivity contribution in [2.24, 2.45) is 0 Å². The molecule has 0 spiro atoms. The summed E-state index contributed by atoms with van der Waals surface area (Å²) in [6.45, 7) is 2.99. The minimum Gasteiger partial charge on any atom is -0.347 e. The molecule has 2 N–H and O–H groups in total. The first-order valence-electron chi connectivity index (χ1n) is 6.20. The van der Waals surface area contributed by atoms with Crippen molar-refractivity contribution in [2.75, 3.05) is 13.6 Å². The first kappa shape index (κ1) is 12.1. The molecule has 1 amide bonds. The number of carbonyl (C=O) groups excluding carboxylic acids is 1. The first-order chi connectivity index (χ1) is 8.14. The third-order valence-electron chi connectivity index (χ3n) is 3.32. The summed E-state index contributed by atoms with van der Waals surface area (Å²) in [5, 5.41) is 6.22. The predicted octanol–water partition coefficient (Wildman–Crippen LogP) is 1.73. The molecule has 0 atom stereocenters. The topological polar surface area (TPSA) is 41.1 Å². The average molecular weight is 232 g/mol. The van der Waals surface area contributed by atoms with Gasteiger partial charge in [-0.3, -0.25) is 4.79 Å². The number of carbonyl (C=O) groups is 1. The summed E-state index contributed by atoms with van der Waals surface area (Å²) in [6, 6.07) is 7.85. The van der Waals surface area contributed by atoms with Crippen molar-refractivity contribution in [3.05, 3.63) is 35.4 Å². The Morgan fingerprint density at radius 1 is 1.35 bits per heavy atom. The number of benzene rings is 1. The van der Waals surface area contributed by atoms with Gasteiger partial charge in [0.05, 0.1) is 0 Å².